The lowest BCUT2D eigenvalue weighted by Gasteiger charge is -2.32. The number of rotatable bonds is 8. The Labute approximate surface area is 162 Å². The zero-order valence-electron chi connectivity index (χ0n) is 16.3. The van der Waals surface area contributed by atoms with Crippen LogP contribution in [0, 0.1) is 21.7 Å². The van der Waals surface area contributed by atoms with E-state index >= 15 is 8.78 Å². The quantitative estimate of drug-likeness (QED) is 0.508. The Kier molecular flexibility index (Phi) is 6.98. The maximum atomic E-state index is 15.5. The minimum atomic E-state index is -1.30. The standard InChI is InChI=1S/C18H26F2N4O4/c1-4-22(5-2)15-12(19)14(21-11(3)18(25)26)17(24(27)28)16(13(15)20)23-9-7-6-8-10-23/h11,21H,4-10H2,1-3H3,(H,25,26)/t11-/m0/s1. The van der Waals surface area contributed by atoms with E-state index < -0.39 is 39.9 Å². The molecule has 0 aromatic heterocycles. The van der Waals surface area contributed by atoms with Gasteiger partial charge < -0.3 is 20.2 Å². The highest BCUT2D eigenvalue weighted by Gasteiger charge is 2.37. The van der Waals surface area contributed by atoms with Gasteiger partial charge in [-0.2, -0.15) is 0 Å². The van der Waals surface area contributed by atoms with Crippen molar-refractivity contribution in [3.8, 4) is 0 Å². The smallest absolute Gasteiger partial charge is 0.325 e. The van der Waals surface area contributed by atoms with E-state index in [1.807, 2.05) is 0 Å². The fraction of sp³-hybridized carbons (Fsp3) is 0.611. The molecule has 1 saturated heterocycles. The van der Waals surface area contributed by atoms with Gasteiger partial charge in [0.25, 0.3) is 0 Å². The summed E-state index contributed by atoms with van der Waals surface area (Å²) in [4.78, 5) is 25.2. The van der Waals surface area contributed by atoms with E-state index in [0.717, 1.165) is 19.3 Å². The van der Waals surface area contributed by atoms with Crippen LogP contribution in [0.4, 0.5) is 31.5 Å². The topological polar surface area (TPSA) is 99.0 Å². The number of carboxylic acids is 1. The SMILES string of the molecule is CCN(CC)c1c(F)c(N[C@@H](C)C(=O)O)c([N+](=O)[O-])c(N2CCCCC2)c1F. The molecule has 0 spiro atoms. The number of hydrogen-bond donors (Lipinski definition) is 2. The zero-order chi connectivity index (χ0) is 21.0. The minimum Gasteiger partial charge on any atom is -0.480 e. The van der Waals surface area contributed by atoms with Gasteiger partial charge >= 0.3 is 11.7 Å². The van der Waals surface area contributed by atoms with E-state index in [0.29, 0.717) is 13.1 Å². The van der Waals surface area contributed by atoms with Crippen LogP contribution in [0.25, 0.3) is 0 Å². The van der Waals surface area contributed by atoms with Gasteiger partial charge in [-0.1, -0.05) is 0 Å². The molecule has 1 atom stereocenters. The third-order valence-electron chi connectivity index (χ3n) is 4.97. The van der Waals surface area contributed by atoms with E-state index in [4.69, 9.17) is 5.11 Å². The summed E-state index contributed by atoms with van der Waals surface area (Å²) in [5.74, 6) is -3.44. The fourth-order valence-electron chi connectivity index (χ4n) is 3.46. The van der Waals surface area contributed by atoms with E-state index in [1.165, 1.54) is 11.8 Å². The summed E-state index contributed by atoms with van der Waals surface area (Å²) in [6, 6.07) is -1.29. The lowest BCUT2D eigenvalue weighted by molar-refractivity contribution is -0.383. The largest absolute Gasteiger partial charge is 0.480 e. The molecular formula is C18H26F2N4O4. The summed E-state index contributed by atoms with van der Waals surface area (Å²) < 4.78 is 30.8. The summed E-state index contributed by atoms with van der Waals surface area (Å²) in [6.07, 6.45) is 2.41. The van der Waals surface area contributed by atoms with E-state index in [9.17, 15) is 14.9 Å². The molecule has 156 valence electrons. The molecule has 0 unspecified atom stereocenters. The molecule has 0 bridgehead atoms. The Balaban J connectivity index is 2.81. The Hall–Kier alpha value is -2.65. The zero-order valence-corrected chi connectivity index (χ0v) is 16.3. The van der Waals surface area contributed by atoms with Crippen LogP contribution in [0.3, 0.4) is 0 Å². The molecule has 0 saturated carbocycles. The predicted molar refractivity (Wildman–Crippen MR) is 103 cm³/mol. The molecule has 28 heavy (non-hydrogen) atoms. The van der Waals surface area contributed by atoms with Crippen molar-refractivity contribution < 1.29 is 23.6 Å². The Morgan fingerprint density at radius 1 is 1.25 bits per heavy atom. The summed E-state index contributed by atoms with van der Waals surface area (Å²) >= 11 is 0. The number of benzene rings is 1. The maximum Gasteiger partial charge on any atom is 0.325 e. The van der Waals surface area contributed by atoms with Crippen LogP contribution >= 0.6 is 0 Å². The third-order valence-corrected chi connectivity index (χ3v) is 4.97. The van der Waals surface area contributed by atoms with E-state index in [1.54, 1.807) is 18.7 Å². The lowest BCUT2D eigenvalue weighted by atomic mass is 10.1. The summed E-state index contributed by atoms with van der Waals surface area (Å²) in [7, 11) is 0. The van der Waals surface area contributed by atoms with E-state index in [-0.39, 0.29) is 24.5 Å². The van der Waals surface area contributed by atoms with Gasteiger partial charge in [0.1, 0.15) is 11.7 Å². The lowest BCUT2D eigenvalue weighted by Crippen LogP contribution is -2.34. The van der Waals surface area contributed by atoms with Crippen molar-refractivity contribution in [2.45, 2.75) is 46.1 Å². The number of nitrogens with one attached hydrogen (secondary N) is 1. The molecule has 1 heterocycles. The average Bonchev–Trinajstić information content (AvgIpc) is 2.67. The van der Waals surface area contributed by atoms with Crippen molar-refractivity contribution in [3.63, 3.8) is 0 Å². The number of nitro groups is 1. The van der Waals surface area contributed by atoms with Crippen molar-refractivity contribution >= 4 is 28.7 Å². The number of carbonyl (C=O) groups is 1. The normalized spacial score (nSPS) is 15.2. The molecule has 2 N–H and O–H groups in total. The van der Waals surface area contributed by atoms with Crippen LogP contribution < -0.4 is 15.1 Å². The second-order valence-electron chi connectivity index (χ2n) is 6.73. The number of carboxylic acid groups (broad SMARTS) is 1. The second kappa shape index (κ2) is 9.03. The summed E-state index contributed by atoms with van der Waals surface area (Å²) in [5, 5.41) is 23.3. The first-order chi connectivity index (χ1) is 13.2. The fourth-order valence-corrected chi connectivity index (χ4v) is 3.46. The molecule has 1 aliphatic heterocycles. The third kappa shape index (κ3) is 4.10. The molecule has 1 aromatic carbocycles. The number of piperidine rings is 1. The van der Waals surface area contributed by atoms with Crippen molar-refractivity contribution in [1.82, 2.24) is 0 Å². The van der Waals surface area contributed by atoms with Gasteiger partial charge in [-0.15, -0.1) is 0 Å². The van der Waals surface area contributed by atoms with Gasteiger partial charge in [-0.25, -0.2) is 8.78 Å². The number of halogens is 2. The van der Waals surface area contributed by atoms with Crippen LogP contribution in [0.5, 0.6) is 0 Å². The van der Waals surface area contributed by atoms with Crippen LogP contribution in [0.2, 0.25) is 0 Å². The van der Waals surface area contributed by atoms with Crippen molar-refractivity contribution in [2.75, 3.05) is 41.3 Å². The highest BCUT2D eigenvalue weighted by Crippen LogP contribution is 2.46. The van der Waals surface area contributed by atoms with Crippen molar-refractivity contribution in [1.29, 1.82) is 0 Å². The Bertz CT molecular complexity index is 750. The first-order valence-corrected chi connectivity index (χ1v) is 9.43. The number of nitro benzene ring substituents is 1. The first-order valence-electron chi connectivity index (χ1n) is 9.43. The maximum absolute atomic E-state index is 15.5. The van der Waals surface area contributed by atoms with Gasteiger partial charge in [-0.05, 0) is 40.0 Å². The molecule has 0 aliphatic carbocycles. The number of aliphatic carboxylic acids is 1. The first kappa shape index (κ1) is 21.6. The van der Waals surface area contributed by atoms with Gasteiger partial charge in [0, 0.05) is 26.2 Å². The number of nitrogens with zero attached hydrogens (tertiary/aromatic N) is 3. The van der Waals surface area contributed by atoms with Crippen LogP contribution in [0.15, 0.2) is 0 Å². The molecule has 1 fully saturated rings. The molecular weight excluding hydrogens is 374 g/mol. The molecule has 2 rings (SSSR count). The predicted octanol–water partition coefficient (Wildman–Crippen LogP) is 3.59. The molecule has 8 nitrogen and oxygen atoms in total. The second-order valence-corrected chi connectivity index (χ2v) is 6.73. The van der Waals surface area contributed by atoms with Crippen molar-refractivity contribution in [2.24, 2.45) is 0 Å². The Morgan fingerprint density at radius 3 is 2.29 bits per heavy atom. The number of hydrogen-bond acceptors (Lipinski definition) is 6. The van der Waals surface area contributed by atoms with Crippen LogP contribution in [-0.2, 0) is 4.79 Å². The molecule has 0 radical (unpaired) electrons. The molecule has 1 aromatic rings. The number of anilines is 3. The monoisotopic (exact) mass is 400 g/mol. The summed E-state index contributed by atoms with van der Waals surface area (Å²) in [5.41, 5.74) is -2.02. The van der Waals surface area contributed by atoms with Crippen LogP contribution in [0.1, 0.15) is 40.0 Å². The molecule has 1 aliphatic rings. The van der Waals surface area contributed by atoms with Gasteiger partial charge in [0.2, 0.25) is 0 Å². The molecule has 10 heteroatoms. The van der Waals surface area contributed by atoms with Gasteiger partial charge in [0.15, 0.2) is 23.0 Å². The van der Waals surface area contributed by atoms with E-state index in [2.05, 4.69) is 5.32 Å². The highest BCUT2D eigenvalue weighted by molar-refractivity contribution is 5.87. The van der Waals surface area contributed by atoms with Gasteiger partial charge in [-0.3, -0.25) is 14.9 Å². The average molecular weight is 400 g/mol. The highest BCUT2D eigenvalue weighted by atomic mass is 19.1. The van der Waals surface area contributed by atoms with Gasteiger partial charge in [0.05, 0.1) is 4.92 Å². The minimum absolute atomic E-state index is 0.284. The molecule has 0 amide bonds. The van der Waals surface area contributed by atoms with Crippen LogP contribution in [-0.4, -0.2) is 48.2 Å². The van der Waals surface area contributed by atoms with Crippen molar-refractivity contribution in [3.05, 3.63) is 21.7 Å². The Morgan fingerprint density at radius 2 is 1.82 bits per heavy atom. The summed E-state index contributed by atoms with van der Waals surface area (Å²) in [6.45, 7) is 6.08.